The van der Waals surface area contributed by atoms with Crippen LogP contribution in [-0.4, -0.2) is 41.4 Å². The molecule has 2 aromatic heterocycles. The Bertz CT molecular complexity index is 1140. The summed E-state index contributed by atoms with van der Waals surface area (Å²) in [6.07, 6.45) is 1.61. The fourth-order valence-electron chi connectivity index (χ4n) is 2.71. The molecular weight excluding hydrogens is 382 g/mol. The summed E-state index contributed by atoms with van der Waals surface area (Å²) in [6, 6.07) is 10.2. The minimum atomic E-state index is -3.80. The molecule has 0 atom stereocenters. The van der Waals surface area contributed by atoms with Gasteiger partial charge in [0.25, 0.3) is 0 Å². The van der Waals surface area contributed by atoms with Crippen LogP contribution in [0.4, 0.5) is 0 Å². The Morgan fingerprint density at radius 1 is 1.21 bits per heavy atom. The Morgan fingerprint density at radius 3 is 2.68 bits per heavy atom. The molecule has 148 valence electrons. The molecule has 1 N–H and O–H groups in total. The van der Waals surface area contributed by atoms with Crippen LogP contribution in [0.2, 0.25) is 0 Å². The largest absolute Gasteiger partial charge is 0.495 e. The Kier molecular flexibility index (Phi) is 5.61. The topological polar surface area (TPSA) is 108 Å². The summed E-state index contributed by atoms with van der Waals surface area (Å²) in [7, 11) is -0.793. The van der Waals surface area contributed by atoms with Crippen LogP contribution in [0.1, 0.15) is 5.56 Å². The lowest BCUT2D eigenvalue weighted by atomic mass is 10.2. The van der Waals surface area contributed by atoms with Crippen molar-refractivity contribution in [2.75, 3.05) is 13.7 Å². The maximum atomic E-state index is 12.6. The minimum absolute atomic E-state index is 0.00198. The number of aromatic nitrogens is 4. The van der Waals surface area contributed by atoms with Crippen molar-refractivity contribution in [2.24, 2.45) is 7.05 Å². The number of rotatable bonds is 7. The van der Waals surface area contributed by atoms with Crippen LogP contribution in [-0.2, 0) is 23.6 Å². The summed E-state index contributed by atoms with van der Waals surface area (Å²) < 4.78 is 35.5. The predicted octanol–water partition coefficient (Wildman–Crippen LogP) is 0.939. The second kappa shape index (κ2) is 7.95. The zero-order valence-corrected chi connectivity index (χ0v) is 16.6. The van der Waals surface area contributed by atoms with Crippen molar-refractivity contribution >= 4 is 10.0 Å². The number of hydrogen-bond acceptors (Lipinski definition) is 6. The number of pyridine rings is 1. The monoisotopic (exact) mass is 403 g/mol. The second-order valence-corrected chi connectivity index (χ2v) is 7.89. The van der Waals surface area contributed by atoms with Crippen LogP contribution < -0.4 is 15.1 Å². The molecule has 0 aliphatic carbocycles. The molecule has 0 amide bonds. The van der Waals surface area contributed by atoms with E-state index in [-0.39, 0.29) is 29.4 Å². The first-order chi connectivity index (χ1) is 13.3. The van der Waals surface area contributed by atoms with E-state index in [1.54, 1.807) is 50.5 Å². The normalized spacial score (nSPS) is 11.5. The number of hydrogen-bond donors (Lipinski definition) is 1. The number of sulfonamides is 1. The lowest BCUT2D eigenvalue weighted by Crippen LogP contribution is -2.32. The zero-order valence-electron chi connectivity index (χ0n) is 15.8. The van der Waals surface area contributed by atoms with Crippen LogP contribution in [0.15, 0.2) is 52.3 Å². The van der Waals surface area contributed by atoms with Gasteiger partial charge in [-0.1, -0.05) is 12.1 Å². The van der Waals surface area contributed by atoms with E-state index in [0.29, 0.717) is 11.5 Å². The van der Waals surface area contributed by atoms with Gasteiger partial charge in [-0.2, -0.15) is 0 Å². The highest BCUT2D eigenvalue weighted by Crippen LogP contribution is 2.24. The minimum Gasteiger partial charge on any atom is -0.495 e. The molecule has 9 nitrogen and oxygen atoms in total. The van der Waals surface area contributed by atoms with E-state index in [9.17, 15) is 13.2 Å². The smallest absolute Gasteiger partial charge is 0.346 e. The molecule has 0 saturated heterocycles. The van der Waals surface area contributed by atoms with Gasteiger partial charge in [0.1, 0.15) is 16.3 Å². The highest BCUT2D eigenvalue weighted by atomic mass is 32.2. The SMILES string of the molecule is COc1ccc(C)cc1S(=O)(=O)NCCn1nc(-c2ccccn2)n(C)c1=O. The van der Waals surface area contributed by atoms with Gasteiger partial charge in [-0.25, -0.2) is 22.6 Å². The van der Waals surface area contributed by atoms with Crippen LogP contribution in [0.25, 0.3) is 11.5 Å². The van der Waals surface area contributed by atoms with E-state index in [2.05, 4.69) is 14.8 Å². The standard InChI is InChI=1S/C18H21N5O4S/c1-13-7-8-15(27-3)16(12-13)28(25,26)20-10-11-23-18(24)22(2)17(21-23)14-6-4-5-9-19-14/h4-9,12,20H,10-11H2,1-3H3. The number of methoxy groups -OCH3 is 1. The third kappa shape index (κ3) is 3.97. The molecular formula is C18H21N5O4S. The number of nitrogens with zero attached hydrogens (tertiary/aromatic N) is 4. The summed E-state index contributed by atoms with van der Waals surface area (Å²) in [5, 5.41) is 4.26. The van der Waals surface area contributed by atoms with Gasteiger partial charge in [0, 0.05) is 19.8 Å². The third-order valence-electron chi connectivity index (χ3n) is 4.16. The van der Waals surface area contributed by atoms with Crippen molar-refractivity contribution in [3.05, 3.63) is 58.6 Å². The summed E-state index contributed by atoms with van der Waals surface area (Å²) >= 11 is 0. The van der Waals surface area contributed by atoms with Crippen molar-refractivity contribution in [2.45, 2.75) is 18.4 Å². The number of benzene rings is 1. The highest BCUT2D eigenvalue weighted by molar-refractivity contribution is 7.89. The Labute approximate surface area is 162 Å². The van der Waals surface area contributed by atoms with Gasteiger partial charge in [-0.15, -0.1) is 5.10 Å². The molecule has 0 fully saturated rings. The third-order valence-corrected chi connectivity index (χ3v) is 5.64. The van der Waals surface area contributed by atoms with E-state index in [4.69, 9.17) is 4.74 Å². The lowest BCUT2D eigenvalue weighted by Gasteiger charge is -2.11. The van der Waals surface area contributed by atoms with Crippen molar-refractivity contribution in [1.82, 2.24) is 24.1 Å². The van der Waals surface area contributed by atoms with E-state index in [0.717, 1.165) is 5.56 Å². The Hall–Kier alpha value is -2.98. The summed E-state index contributed by atoms with van der Waals surface area (Å²) in [5.74, 6) is 0.666. The molecule has 0 spiro atoms. The van der Waals surface area contributed by atoms with E-state index < -0.39 is 10.0 Å². The predicted molar refractivity (Wildman–Crippen MR) is 104 cm³/mol. The fraction of sp³-hybridized carbons (Fsp3) is 0.278. The van der Waals surface area contributed by atoms with Crippen molar-refractivity contribution in [3.8, 4) is 17.3 Å². The molecule has 10 heteroatoms. The van der Waals surface area contributed by atoms with E-state index >= 15 is 0 Å². The van der Waals surface area contributed by atoms with Gasteiger partial charge in [0.05, 0.1) is 13.7 Å². The van der Waals surface area contributed by atoms with Crippen molar-refractivity contribution in [3.63, 3.8) is 0 Å². The van der Waals surface area contributed by atoms with E-state index in [1.807, 2.05) is 0 Å². The Morgan fingerprint density at radius 2 is 2.00 bits per heavy atom. The van der Waals surface area contributed by atoms with Gasteiger partial charge in [-0.05, 0) is 36.8 Å². The molecule has 0 aliphatic rings. The second-order valence-electron chi connectivity index (χ2n) is 6.16. The fourth-order valence-corrected chi connectivity index (χ4v) is 3.98. The summed E-state index contributed by atoms with van der Waals surface area (Å²) in [5.41, 5.74) is 1.00. The molecule has 3 rings (SSSR count). The van der Waals surface area contributed by atoms with Crippen LogP contribution in [0, 0.1) is 6.92 Å². The highest BCUT2D eigenvalue weighted by Gasteiger charge is 2.20. The van der Waals surface area contributed by atoms with E-state index in [1.165, 1.54) is 22.4 Å². The molecule has 28 heavy (non-hydrogen) atoms. The first kappa shape index (κ1) is 19.8. The number of nitrogens with one attached hydrogen (secondary N) is 1. The van der Waals surface area contributed by atoms with Crippen molar-refractivity contribution < 1.29 is 13.2 Å². The van der Waals surface area contributed by atoms with Crippen LogP contribution in [0.5, 0.6) is 5.75 Å². The lowest BCUT2D eigenvalue weighted by molar-refractivity contribution is 0.402. The average molecular weight is 403 g/mol. The van der Waals surface area contributed by atoms with Crippen LogP contribution >= 0.6 is 0 Å². The quantitative estimate of drug-likeness (QED) is 0.629. The maximum absolute atomic E-state index is 12.6. The van der Waals surface area contributed by atoms with Gasteiger partial charge < -0.3 is 4.74 Å². The van der Waals surface area contributed by atoms with Crippen molar-refractivity contribution in [1.29, 1.82) is 0 Å². The molecule has 0 bridgehead atoms. The average Bonchev–Trinajstić information content (AvgIpc) is 2.97. The van der Waals surface area contributed by atoms with Gasteiger partial charge in [-0.3, -0.25) is 9.55 Å². The Balaban J connectivity index is 1.77. The molecule has 0 radical (unpaired) electrons. The molecule has 0 aliphatic heterocycles. The number of ether oxygens (including phenoxy) is 1. The molecule has 0 unspecified atom stereocenters. The zero-order chi connectivity index (χ0) is 20.3. The maximum Gasteiger partial charge on any atom is 0.346 e. The van der Waals surface area contributed by atoms with Gasteiger partial charge >= 0.3 is 5.69 Å². The van der Waals surface area contributed by atoms with Crippen LogP contribution in [0.3, 0.4) is 0 Å². The molecule has 3 aromatic rings. The summed E-state index contributed by atoms with van der Waals surface area (Å²) in [4.78, 5) is 16.6. The molecule has 0 saturated carbocycles. The van der Waals surface area contributed by atoms with Gasteiger partial charge in [0.15, 0.2) is 5.82 Å². The first-order valence-electron chi connectivity index (χ1n) is 8.53. The van der Waals surface area contributed by atoms with Gasteiger partial charge in [0.2, 0.25) is 10.0 Å². The number of aryl methyl sites for hydroxylation is 1. The first-order valence-corrected chi connectivity index (χ1v) is 10.0. The molecule has 2 heterocycles. The molecule has 1 aromatic carbocycles. The summed E-state index contributed by atoms with van der Waals surface area (Å²) in [6.45, 7) is 1.87.